The third-order valence-corrected chi connectivity index (χ3v) is 5.30. The van der Waals surface area contributed by atoms with E-state index in [-0.39, 0.29) is 18.3 Å². The smallest absolute Gasteiger partial charge is 0.274 e. The molecule has 1 aromatic heterocycles. The normalized spacial score (nSPS) is 20.3. The molecule has 1 unspecified atom stereocenters. The number of nitrogens with zero attached hydrogens (tertiary/aromatic N) is 2. The van der Waals surface area contributed by atoms with Gasteiger partial charge in [-0.1, -0.05) is 30.3 Å². The van der Waals surface area contributed by atoms with Gasteiger partial charge in [-0.25, -0.2) is 0 Å². The lowest BCUT2D eigenvalue weighted by molar-refractivity contribution is 0.0754. The van der Waals surface area contributed by atoms with Gasteiger partial charge in [0.25, 0.3) is 5.91 Å². The van der Waals surface area contributed by atoms with E-state index in [4.69, 9.17) is 0 Å². The fourth-order valence-electron chi connectivity index (χ4n) is 3.91. The van der Waals surface area contributed by atoms with Crippen molar-refractivity contribution in [3.63, 3.8) is 0 Å². The number of amides is 1. The highest BCUT2D eigenvalue weighted by molar-refractivity contribution is 5.94. The molecule has 0 bridgehead atoms. The topological polar surface area (TPSA) is 61.0 Å². The van der Waals surface area contributed by atoms with Crippen LogP contribution in [0.2, 0.25) is 0 Å². The van der Waals surface area contributed by atoms with Crippen LogP contribution in [0.5, 0.6) is 0 Å². The number of aromatic amines is 1. The standard InChI is InChI=1S/C19H24N4O.ClH/c24-19(18-16-13-20-10-8-17(16)21-22-18)23-11-4-7-15(9-12-23)14-5-2-1-3-6-14;/h1-3,5-6,15,20H,4,7-13H2,(H,21,22);1H. The molecule has 25 heavy (non-hydrogen) atoms. The number of carbonyl (C=O) groups excluding carboxylic acids is 1. The quantitative estimate of drug-likeness (QED) is 0.865. The van der Waals surface area contributed by atoms with E-state index in [9.17, 15) is 4.79 Å². The Balaban J connectivity index is 0.00000182. The fourth-order valence-corrected chi connectivity index (χ4v) is 3.91. The highest BCUT2D eigenvalue weighted by Gasteiger charge is 2.27. The summed E-state index contributed by atoms with van der Waals surface area (Å²) in [4.78, 5) is 14.9. The van der Waals surface area contributed by atoms with Crippen LogP contribution in [0.3, 0.4) is 0 Å². The van der Waals surface area contributed by atoms with Crippen LogP contribution >= 0.6 is 12.4 Å². The highest BCUT2D eigenvalue weighted by atomic mass is 35.5. The number of aromatic nitrogens is 2. The minimum atomic E-state index is 0. The molecule has 0 saturated carbocycles. The second-order valence-electron chi connectivity index (χ2n) is 6.79. The van der Waals surface area contributed by atoms with Crippen molar-refractivity contribution < 1.29 is 4.79 Å². The van der Waals surface area contributed by atoms with Crippen LogP contribution in [0.1, 0.15) is 52.5 Å². The number of carbonyl (C=O) groups is 1. The summed E-state index contributed by atoms with van der Waals surface area (Å²) >= 11 is 0. The number of H-pyrrole nitrogens is 1. The van der Waals surface area contributed by atoms with Gasteiger partial charge in [0.2, 0.25) is 0 Å². The fraction of sp³-hybridized carbons (Fsp3) is 0.474. The van der Waals surface area contributed by atoms with E-state index in [0.29, 0.717) is 11.6 Å². The molecular formula is C19H25ClN4O. The van der Waals surface area contributed by atoms with Crippen molar-refractivity contribution in [3.05, 3.63) is 52.8 Å². The summed E-state index contributed by atoms with van der Waals surface area (Å²) in [6.45, 7) is 3.34. The SMILES string of the molecule is Cl.O=C(c1n[nH]c2c1CNCC2)N1CCCC(c2ccccc2)CC1. The maximum Gasteiger partial charge on any atom is 0.274 e. The van der Waals surface area contributed by atoms with Gasteiger partial charge in [-0.2, -0.15) is 5.10 Å². The summed E-state index contributed by atoms with van der Waals surface area (Å²) in [5.41, 5.74) is 4.20. The lowest BCUT2D eigenvalue weighted by Gasteiger charge is -2.21. The summed E-state index contributed by atoms with van der Waals surface area (Å²) in [6, 6.07) is 10.7. The summed E-state index contributed by atoms with van der Waals surface area (Å²) in [5, 5.41) is 10.7. The average Bonchev–Trinajstić information content (AvgIpc) is 2.91. The van der Waals surface area contributed by atoms with E-state index in [1.54, 1.807) is 0 Å². The Kier molecular flexibility index (Phi) is 5.76. The van der Waals surface area contributed by atoms with Crippen LogP contribution < -0.4 is 5.32 Å². The third kappa shape index (κ3) is 3.72. The van der Waals surface area contributed by atoms with Crippen molar-refractivity contribution in [3.8, 4) is 0 Å². The van der Waals surface area contributed by atoms with Gasteiger partial charge >= 0.3 is 0 Å². The van der Waals surface area contributed by atoms with Crippen molar-refractivity contribution in [2.45, 2.75) is 38.1 Å². The number of benzene rings is 1. The van der Waals surface area contributed by atoms with Crippen molar-refractivity contribution in [1.82, 2.24) is 20.4 Å². The average molecular weight is 361 g/mol. The van der Waals surface area contributed by atoms with E-state index in [2.05, 4.69) is 45.8 Å². The van der Waals surface area contributed by atoms with Crippen molar-refractivity contribution >= 4 is 18.3 Å². The largest absolute Gasteiger partial charge is 0.337 e. The molecule has 2 aliphatic heterocycles. The van der Waals surface area contributed by atoms with Gasteiger partial charge in [-0.3, -0.25) is 9.89 Å². The first-order chi connectivity index (χ1) is 11.8. The van der Waals surface area contributed by atoms with Crippen molar-refractivity contribution in [1.29, 1.82) is 0 Å². The molecule has 6 heteroatoms. The molecule has 1 saturated heterocycles. The van der Waals surface area contributed by atoms with Crippen LogP contribution in [0.15, 0.2) is 30.3 Å². The molecule has 1 atom stereocenters. The molecule has 5 nitrogen and oxygen atoms in total. The van der Waals surface area contributed by atoms with E-state index >= 15 is 0 Å². The van der Waals surface area contributed by atoms with E-state index in [1.165, 1.54) is 5.56 Å². The minimum absolute atomic E-state index is 0. The number of nitrogens with one attached hydrogen (secondary N) is 2. The number of likely N-dealkylation sites (tertiary alicyclic amines) is 1. The van der Waals surface area contributed by atoms with Gasteiger partial charge in [0.1, 0.15) is 0 Å². The van der Waals surface area contributed by atoms with Crippen LogP contribution in [-0.2, 0) is 13.0 Å². The molecule has 134 valence electrons. The van der Waals surface area contributed by atoms with Crippen LogP contribution in [-0.4, -0.2) is 40.6 Å². The number of hydrogen-bond donors (Lipinski definition) is 2. The van der Waals surface area contributed by atoms with E-state index in [0.717, 1.165) is 63.1 Å². The predicted octanol–water partition coefficient (Wildman–Crippen LogP) is 2.89. The summed E-state index contributed by atoms with van der Waals surface area (Å²) in [6.07, 6.45) is 4.15. The highest BCUT2D eigenvalue weighted by Crippen LogP contribution is 2.28. The molecule has 2 aliphatic rings. The van der Waals surface area contributed by atoms with Crippen LogP contribution in [0.4, 0.5) is 0 Å². The molecule has 0 spiro atoms. The van der Waals surface area contributed by atoms with Crippen molar-refractivity contribution in [2.24, 2.45) is 0 Å². The molecule has 2 aromatic rings. The molecule has 1 fully saturated rings. The summed E-state index contributed by atoms with van der Waals surface area (Å²) < 4.78 is 0. The minimum Gasteiger partial charge on any atom is -0.337 e. The van der Waals surface area contributed by atoms with Gasteiger partial charge in [0.05, 0.1) is 0 Å². The van der Waals surface area contributed by atoms with E-state index < -0.39 is 0 Å². The van der Waals surface area contributed by atoms with Gasteiger partial charge in [0.15, 0.2) is 5.69 Å². The Morgan fingerprint density at radius 3 is 2.84 bits per heavy atom. The van der Waals surface area contributed by atoms with E-state index in [1.807, 2.05) is 4.90 Å². The molecule has 4 rings (SSSR count). The second-order valence-corrected chi connectivity index (χ2v) is 6.79. The Bertz CT molecular complexity index is 715. The number of rotatable bonds is 2. The predicted molar refractivity (Wildman–Crippen MR) is 100 cm³/mol. The monoisotopic (exact) mass is 360 g/mol. The number of hydrogen-bond acceptors (Lipinski definition) is 3. The molecular weight excluding hydrogens is 336 g/mol. The first-order valence-corrected chi connectivity index (χ1v) is 8.94. The maximum absolute atomic E-state index is 12.9. The lowest BCUT2D eigenvalue weighted by Crippen LogP contribution is -2.34. The van der Waals surface area contributed by atoms with Gasteiger partial charge < -0.3 is 10.2 Å². The summed E-state index contributed by atoms with van der Waals surface area (Å²) in [7, 11) is 0. The van der Waals surface area contributed by atoms with Gasteiger partial charge in [0, 0.05) is 43.9 Å². The Morgan fingerprint density at radius 2 is 2.00 bits per heavy atom. The molecule has 2 N–H and O–H groups in total. The van der Waals surface area contributed by atoms with Crippen LogP contribution in [0, 0.1) is 0 Å². The Labute approximate surface area is 154 Å². The number of fused-ring (bicyclic) bond motifs is 1. The van der Waals surface area contributed by atoms with Crippen LogP contribution in [0.25, 0.3) is 0 Å². The Hall–Kier alpha value is -1.85. The summed E-state index contributed by atoms with van der Waals surface area (Å²) in [5.74, 6) is 0.642. The maximum atomic E-state index is 12.9. The molecule has 1 amide bonds. The molecule has 0 radical (unpaired) electrons. The molecule has 3 heterocycles. The van der Waals surface area contributed by atoms with Gasteiger partial charge in [-0.15, -0.1) is 12.4 Å². The zero-order valence-electron chi connectivity index (χ0n) is 14.3. The lowest BCUT2D eigenvalue weighted by atomic mass is 9.92. The zero-order chi connectivity index (χ0) is 16.4. The zero-order valence-corrected chi connectivity index (χ0v) is 15.1. The number of halogens is 1. The second kappa shape index (κ2) is 8.02. The van der Waals surface area contributed by atoms with Crippen molar-refractivity contribution in [2.75, 3.05) is 19.6 Å². The third-order valence-electron chi connectivity index (χ3n) is 5.30. The van der Waals surface area contributed by atoms with Gasteiger partial charge in [-0.05, 0) is 30.7 Å². The first kappa shape index (κ1) is 18.0. The Morgan fingerprint density at radius 1 is 1.16 bits per heavy atom. The molecule has 0 aliphatic carbocycles. The molecule has 1 aromatic carbocycles. The first-order valence-electron chi connectivity index (χ1n) is 8.94.